The summed E-state index contributed by atoms with van der Waals surface area (Å²) in [6.07, 6.45) is 3.73. The van der Waals surface area contributed by atoms with Gasteiger partial charge < -0.3 is 10.5 Å². The highest BCUT2D eigenvalue weighted by molar-refractivity contribution is 7.12. The molecule has 2 unspecified atom stereocenters. The van der Waals surface area contributed by atoms with Gasteiger partial charge in [0.1, 0.15) is 16.8 Å². The van der Waals surface area contributed by atoms with Crippen LogP contribution in [0.2, 0.25) is 5.02 Å². The number of benzene rings is 2. The zero-order valence-electron chi connectivity index (χ0n) is 18.1. The van der Waals surface area contributed by atoms with Crippen molar-refractivity contribution in [2.45, 2.75) is 45.1 Å². The van der Waals surface area contributed by atoms with Gasteiger partial charge in [-0.3, -0.25) is 0 Å². The van der Waals surface area contributed by atoms with Crippen LogP contribution in [0.15, 0.2) is 42.5 Å². The van der Waals surface area contributed by atoms with Gasteiger partial charge in [-0.15, -0.1) is 11.3 Å². The van der Waals surface area contributed by atoms with Crippen LogP contribution in [0.1, 0.15) is 52.2 Å². The fourth-order valence-corrected chi connectivity index (χ4v) is 4.90. The average molecular weight is 451 g/mol. The van der Waals surface area contributed by atoms with E-state index in [1.165, 1.54) is 18.4 Å². The lowest BCUT2D eigenvalue weighted by Gasteiger charge is -2.10. The minimum Gasteiger partial charge on any atom is -0.496 e. The predicted octanol–water partition coefficient (Wildman–Crippen LogP) is 6.68. The summed E-state index contributed by atoms with van der Waals surface area (Å²) in [4.78, 5) is 5.91. The Morgan fingerprint density at radius 2 is 1.94 bits per heavy atom. The molecule has 1 aliphatic carbocycles. The summed E-state index contributed by atoms with van der Waals surface area (Å²) in [7, 11) is 1.65. The van der Waals surface area contributed by atoms with Gasteiger partial charge in [-0.2, -0.15) is 0 Å². The Kier molecular flexibility index (Phi) is 6.67. The van der Waals surface area contributed by atoms with Gasteiger partial charge >= 0.3 is 0 Å². The number of nitrogens with two attached hydrogens (primary N) is 1. The summed E-state index contributed by atoms with van der Waals surface area (Å²) in [5.74, 6) is 8.54. The van der Waals surface area contributed by atoms with E-state index in [1.807, 2.05) is 32.0 Å². The maximum atomic E-state index is 6.53. The first kappa shape index (κ1) is 21.9. The number of aryl methyl sites for hydroxylation is 2. The summed E-state index contributed by atoms with van der Waals surface area (Å²) in [6.45, 7) is 4.05. The molecule has 1 saturated carbocycles. The topological polar surface area (TPSA) is 48.1 Å². The monoisotopic (exact) mass is 450 g/mol. The van der Waals surface area contributed by atoms with Gasteiger partial charge in [-0.1, -0.05) is 66.6 Å². The highest BCUT2D eigenvalue weighted by atomic mass is 35.5. The zero-order chi connectivity index (χ0) is 22.0. The first-order valence-corrected chi connectivity index (χ1v) is 11.8. The second-order valence-electron chi connectivity index (χ2n) is 8.17. The molecule has 3 nitrogen and oxygen atoms in total. The van der Waals surface area contributed by atoms with Crippen molar-refractivity contribution in [1.29, 1.82) is 0 Å². The number of thiazole rings is 1. The van der Waals surface area contributed by atoms with Gasteiger partial charge in [-0.05, 0) is 49.4 Å². The third kappa shape index (κ3) is 5.13. The largest absolute Gasteiger partial charge is 0.496 e. The molecular formula is C26H27ClN2OS. The van der Waals surface area contributed by atoms with Gasteiger partial charge in [0.2, 0.25) is 0 Å². The Morgan fingerprint density at radius 3 is 2.61 bits per heavy atom. The molecule has 0 amide bonds. The van der Waals surface area contributed by atoms with E-state index < -0.39 is 6.04 Å². The molecule has 31 heavy (non-hydrogen) atoms. The van der Waals surface area contributed by atoms with Crippen molar-refractivity contribution in [3.63, 3.8) is 0 Å². The number of hydrogen-bond donors (Lipinski definition) is 1. The first-order valence-electron chi connectivity index (χ1n) is 10.6. The molecule has 4 rings (SSSR count). The fourth-order valence-electron chi connectivity index (χ4n) is 3.77. The van der Waals surface area contributed by atoms with Crippen molar-refractivity contribution in [2.75, 3.05) is 7.11 Å². The molecule has 0 spiro atoms. The second-order valence-corrected chi connectivity index (χ2v) is 9.81. The molecule has 0 aliphatic heterocycles. The summed E-state index contributed by atoms with van der Waals surface area (Å²) in [5, 5.41) is 1.44. The van der Waals surface area contributed by atoms with E-state index in [2.05, 4.69) is 36.1 Å². The number of hydrogen-bond acceptors (Lipinski definition) is 4. The summed E-state index contributed by atoms with van der Waals surface area (Å²) < 4.78 is 5.37. The molecule has 2 N–H and O–H groups in total. The Labute approximate surface area is 193 Å². The van der Waals surface area contributed by atoms with Gasteiger partial charge in [0.15, 0.2) is 0 Å². The third-order valence-corrected chi connectivity index (χ3v) is 7.07. The summed E-state index contributed by atoms with van der Waals surface area (Å²) in [5.41, 5.74) is 10.5. The molecule has 5 heteroatoms. The third-order valence-electron chi connectivity index (χ3n) is 5.70. The van der Waals surface area contributed by atoms with Crippen LogP contribution in [0.25, 0.3) is 11.3 Å². The van der Waals surface area contributed by atoms with Gasteiger partial charge in [0.05, 0.1) is 17.8 Å². The standard InChI is InChI=1S/C26H27ClN2OS/c1-16-13-21(22(27)15-24(16)30-3)25-17(2)31-26(29-25)23(28)12-11-20(14-18-9-10-18)19-7-5-4-6-8-19/h4-8,13,15,18,20,23H,9-10,14,28H2,1-3H3. The van der Waals surface area contributed by atoms with Crippen molar-refractivity contribution < 1.29 is 4.74 Å². The molecule has 3 aromatic rings. The van der Waals surface area contributed by atoms with Crippen LogP contribution in [0.4, 0.5) is 0 Å². The Bertz CT molecular complexity index is 1130. The maximum absolute atomic E-state index is 6.53. The Hall–Kier alpha value is -2.32. The van der Waals surface area contributed by atoms with E-state index in [0.717, 1.165) is 44.8 Å². The van der Waals surface area contributed by atoms with Gasteiger partial charge in [-0.25, -0.2) is 4.98 Å². The minimum absolute atomic E-state index is 0.221. The molecule has 0 radical (unpaired) electrons. The Morgan fingerprint density at radius 1 is 1.19 bits per heavy atom. The molecule has 1 aromatic heterocycles. The number of rotatable bonds is 6. The number of halogens is 1. The van der Waals surface area contributed by atoms with E-state index in [1.54, 1.807) is 18.4 Å². The molecule has 2 atom stereocenters. The predicted molar refractivity (Wildman–Crippen MR) is 130 cm³/mol. The van der Waals surface area contributed by atoms with Crippen molar-refractivity contribution >= 4 is 22.9 Å². The smallest absolute Gasteiger partial charge is 0.123 e. The van der Waals surface area contributed by atoms with Crippen molar-refractivity contribution in [1.82, 2.24) is 4.98 Å². The molecule has 1 heterocycles. The highest BCUT2D eigenvalue weighted by Crippen LogP contribution is 2.39. The SMILES string of the molecule is COc1cc(Cl)c(-c2nc(C(N)C#CC(CC3CC3)c3ccccc3)sc2C)cc1C. The van der Waals surface area contributed by atoms with E-state index in [0.29, 0.717) is 5.02 Å². The van der Waals surface area contributed by atoms with Crippen LogP contribution < -0.4 is 10.5 Å². The van der Waals surface area contributed by atoms with Gasteiger partial charge in [0, 0.05) is 16.4 Å². The van der Waals surface area contributed by atoms with E-state index >= 15 is 0 Å². The lowest BCUT2D eigenvalue weighted by molar-refractivity contribution is 0.412. The lowest BCUT2D eigenvalue weighted by atomic mass is 9.94. The second kappa shape index (κ2) is 9.44. The van der Waals surface area contributed by atoms with Crippen molar-refractivity contribution in [3.05, 3.63) is 68.5 Å². The minimum atomic E-state index is -0.416. The number of methoxy groups -OCH3 is 1. The summed E-state index contributed by atoms with van der Waals surface area (Å²) in [6, 6.07) is 14.0. The molecule has 1 fully saturated rings. The fraction of sp³-hybridized carbons (Fsp3) is 0.346. The summed E-state index contributed by atoms with van der Waals surface area (Å²) >= 11 is 8.11. The molecule has 0 saturated heterocycles. The zero-order valence-corrected chi connectivity index (χ0v) is 19.7. The molecule has 1 aliphatic rings. The molecule has 2 aromatic carbocycles. The molecular weight excluding hydrogens is 424 g/mol. The van der Waals surface area contributed by atoms with E-state index in [4.69, 9.17) is 27.1 Å². The average Bonchev–Trinajstić information content (AvgIpc) is 3.52. The van der Waals surface area contributed by atoms with Crippen LogP contribution in [0.5, 0.6) is 5.75 Å². The number of nitrogens with zero attached hydrogens (tertiary/aromatic N) is 1. The van der Waals surface area contributed by atoms with Crippen molar-refractivity contribution in [3.8, 4) is 28.8 Å². The normalized spacial score (nSPS) is 15.1. The van der Waals surface area contributed by atoms with Crippen LogP contribution in [-0.4, -0.2) is 12.1 Å². The Balaban J connectivity index is 1.59. The maximum Gasteiger partial charge on any atom is 0.123 e. The number of ether oxygens (including phenoxy) is 1. The quantitative estimate of drug-likeness (QED) is 0.426. The molecule has 0 bridgehead atoms. The number of aromatic nitrogens is 1. The highest BCUT2D eigenvalue weighted by Gasteiger charge is 2.25. The van der Waals surface area contributed by atoms with Crippen LogP contribution in [0.3, 0.4) is 0 Å². The first-order chi connectivity index (χ1) is 15.0. The van der Waals surface area contributed by atoms with Gasteiger partial charge in [0.25, 0.3) is 0 Å². The van der Waals surface area contributed by atoms with Crippen LogP contribution in [0, 0.1) is 31.6 Å². The van der Waals surface area contributed by atoms with Crippen LogP contribution >= 0.6 is 22.9 Å². The van der Waals surface area contributed by atoms with Crippen LogP contribution in [-0.2, 0) is 0 Å². The van der Waals surface area contributed by atoms with E-state index in [9.17, 15) is 0 Å². The lowest BCUT2D eigenvalue weighted by Crippen LogP contribution is -2.08. The van der Waals surface area contributed by atoms with Crippen molar-refractivity contribution in [2.24, 2.45) is 11.7 Å². The molecule has 160 valence electrons. The van der Waals surface area contributed by atoms with E-state index in [-0.39, 0.29) is 5.92 Å².